The van der Waals surface area contributed by atoms with Crippen molar-refractivity contribution in [2.75, 3.05) is 25.0 Å². The summed E-state index contributed by atoms with van der Waals surface area (Å²) in [7, 11) is 0. The van der Waals surface area contributed by atoms with Crippen LogP contribution in [0.3, 0.4) is 0 Å². The van der Waals surface area contributed by atoms with Crippen molar-refractivity contribution in [3.8, 4) is 0 Å². The molecule has 2 heterocycles. The Bertz CT molecular complexity index is 890. The number of nitrogens with zero attached hydrogens (tertiary/aromatic N) is 2. The zero-order chi connectivity index (χ0) is 22.2. The van der Waals surface area contributed by atoms with E-state index < -0.39 is 0 Å². The summed E-state index contributed by atoms with van der Waals surface area (Å²) in [6.07, 6.45) is 2.38. The van der Waals surface area contributed by atoms with Gasteiger partial charge in [0.25, 0.3) is 5.91 Å². The van der Waals surface area contributed by atoms with Gasteiger partial charge in [0, 0.05) is 37.3 Å². The molecule has 1 fully saturated rings. The van der Waals surface area contributed by atoms with Gasteiger partial charge in [-0.2, -0.15) is 0 Å². The number of hydrogen-bond acceptors (Lipinski definition) is 4. The van der Waals surface area contributed by atoms with Crippen LogP contribution < -0.4 is 16.0 Å². The molecule has 2 aromatic rings. The number of carbonyl (C=O) groups is 2. The highest BCUT2D eigenvalue weighted by Crippen LogP contribution is 2.14. The second-order valence-corrected chi connectivity index (χ2v) is 7.89. The van der Waals surface area contributed by atoms with Gasteiger partial charge in [-0.15, -0.1) is 0 Å². The lowest BCUT2D eigenvalue weighted by Crippen LogP contribution is -2.45. The molecule has 0 spiro atoms. The number of benzene rings is 1. The van der Waals surface area contributed by atoms with Crippen LogP contribution in [0.4, 0.5) is 5.69 Å². The second-order valence-electron chi connectivity index (χ2n) is 7.89. The van der Waals surface area contributed by atoms with Gasteiger partial charge in [0.05, 0.1) is 12.8 Å². The first-order valence-corrected chi connectivity index (χ1v) is 10.7. The number of guanidine groups is 1. The Morgan fingerprint density at radius 3 is 2.65 bits per heavy atom. The molecule has 1 saturated heterocycles. The number of hydrogen-bond donors (Lipinski definition) is 3. The maximum Gasteiger partial charge on any atom is 0.291 e. The Labute approximate surface area is 183 Å². The first kappa shape index (κ1) is 22.4. The lowest BCUT2D eigenvalue weighted by Gasteiger charge is -2.20. The SMILES string of the molecule is CCNC(=NCc1ccc(NC(=O)c2ccco2)cc1)NC1CCN(C(=O)C(C)C)C1. The monoisotopic (exact) mass is 425 g/mol. The van der Waals surface area contributed by atoms with Crippen LogP contribution in [0.2, 0.25) is 0 Å². The summed E-state index contributed by atoms with van der Waals surface area (Å²) in [6.45, 7) is 8.63. The Kier molecular flexibility index (Phi) is 7.70. The molecule has 0 radical (unpaired) electrons. The number of aliphatic imine (C=N–C) groups is 1. The van der Waals surface area contributed by atoms with Gasteiger partial charge in [0.1, 0.15) is 0 Å². The van der Waals surface area contributed by atoms with Crippen molar-refractivity contribution in [2.45, 2.75) is 39.8 Å². The van der Waals surface area contributed by atoms with E-state index in [1.54, 1.807) is 12.1 Å². The third-order valence-corrected chi connectivity index (χ3v) is 5.06. The lowest BCUT2D eigenvalue weighted by molar-refractivity contribution is -0.133. The smallest absolute Gasteiger partial charge is 0.291 e. The number of nitrogens with one attached hydrogen (secondary N) is 3. The average Bonchev–Trinajstić information content (AvgIpc) is 3.45. The molecule has 1 atom stereocenters. The summed E-state index contributed by atoms with van der Waals surface area (Å²) >= 11 is 0. The van der Waals surface area contributed by atoms with Crippen LogP contribution in [0, 0.1) is 5.92 Å². The molecule has 1 aromatic heterocycles. The summed E-state index contributed by atoms with van der Waals surface area (Å²) in [6, 6.07) is 11.1. The van der Waals surface area contributed by atoms with Crippen molar-refractivity contribution in [3.63, 3.8) is 0 Å². The summed E-state index contributed by atoms with van der Waals surface area (Å²) in [5, 5.41) is 9.51. The maximum atomic E-state index is 12.2. The zero-order valence-electron chi connectivity index (χ0n) is 18.4. The van der Waals surface area contributed by atoms with Crippen LogP contribution >= 0.6 is 0 Å². The number of furan rings is 1. The summed E-state index contributed by atoms with van der Waals surface area (Å²) in [5.74, 6) is 0.950. The molecular weight excluding hydrogens is 394 g/mol. The van der Waals surface area contributed by atoms with E-state index in [0.717, 1.165) is 31.0 Å². The highest BCUT2D eigenvalue weighted by Gasteiger charge is 2.27. The molecule has 1 unspecified atom stereocenters. The number of carbonyl (C=O) groups excluding carboxylic acids is 2. The van der Waals surface area contributed by atoms with Crippen LogP contribution in [0.15, 0.2) is 52.1 Å². The number of amides is 2. The minimum absolute atomic E-state index is 0.0208. The lowest BCUT2D eigenvalue weighted by atomic mass is 10.2. The molecule has 1 aliphatic heterocycles. The fraction of sp³-hybridized carbons (Fsp3) is 0.435. The maximum absolute atomic E-state index is 12.2. The van der Waals surface area contributed by atoms with E-state index in [1.165, 1.54) is 6.26 Å². The van der Waals surface area contributed by atoms with Crippen molar-refractivity contribution in [2.24, 2.45) is 10.9 Å². The highest BCUT2D eigenvalue weighted by atomic mass is 16.3. The van der Waals surface area contributed by atoms with E-state index in [1.807, 2.05) is 49.9 Å². The van der Waals surface area contributed by atoms with Gasteiger partial charge < -0.3 is 25.3 Å². The van der Waals surface area contributed by atoms with E-state index in [-0.39, 0.29) is 29.5 Å². The van der Waals surface area contributed by atoms with Crippen LogP contribution in [-0.2, 0) is 11.3 Å². The molecule has 2 amide bonds. The topological polar surface area (TPSA) is 99.0 Å². The standard InChI is InChI=1S/C23H31N5O3/c1-4-24-23(27-19-11-12-28(15-19)22(30)16(2)3)25-14-17-7-9-18(10-8-17)26-21(29)20-6-5-13-31-20/h5-10,13,16,19H,4,11-12,14-15H2,1-3H3,(H,26,29)(H2,24,25,27). The van der Waals surface area contributed by atoms with Gasteiger partial charge in [0.15, 0.2) is 11.7 Å². The van der Waals surface area contributed by atoms with E-state index in [4.69, 9.17) is 4.42 Å². The van der Waals surface area contributed by atoms with Crippen molar-refractivity contribution >= 4 is 23.5 Å². The second kappa shape index (κ2) is 10.7. The molecule has 8 nitrogen and oxygen atoms in total. The highest BCUT2D eigenvalue weighted by molar-refractivity contribution is 6.02. The molecule has 3 rings (SSSR count). The molecule has 31 heavy (non-hydrogen) atoms. The van der Waals surface area contributed by atoms with E-state index in [0.29, 0.717) is 18.8 Å². The number of rotatable bonds is 7. The third kappa shape index (κ3) is 6.34. The Hall–Kier alpha value is -3.29. The van der Waals surface area contributed by atoms with Gasteiger partial charge in [-0.1, -0.05) is 26.0 Å². The van der Waals surface area contributed by atoms with Gasteiger partial charge in [0.2, 0.25) is 5.91 Å². The molecule has 166 valence electrons. The van der Waals surface area contributed by atoms with Crippen LogP contribution in [0.5, 0.6) is 0 Å². The van der Waals surface area contributed by atoms with Gasteiger partial charge in [-0.3, -0.25) is 9.59 Å². The molecule has 1 aliphatic rings. The molecule has 3 N–H and O–H groups in total. The zero-order valence-corrected chi connectivity index (χ0v) is 18.4. The van der Waals surface area contributed by atoms with E-state index in [2.05, 4.69) is 20.9 Å². The minimum atomic E-state index is -0.282. The first-order valence-electron chi connectivity index (χ1n) is 10.7. The largest absolute Gasteiger partial charge is 0.459 e. The number of likely N-dealkylation sites (tertiary alicyclic amines) is 1. The molecule has 0 aliphatic carbocycles. The molecular formula is C23H31N5O3. The summed E-state index contributed by atoms with van der Waals surface area (Å²) < 4.78 is 5.10. The number of anilines is 1. The Morgan fingerprint density at radius 2 is 2.00 bits per heavy atom. The van der Waals surface area contributed by atoms with Crippen LogP contribution in [0.25, 0.3) is 0 Å². The van der Waals surface area contributed by atoms with Crippen molar-refractivity contribution in [3.05, 3.63) is 54.0 Å². The third-order valence-electron chi connectivity index (χ3n) is 5.06. The normalized spacial score (nSPS) is 16.5. The predicted octanol–water partition coefficient (Wildman–Crippen LogP) is 2.84. The minimum Gasteiger partial charge on any atom is -0.459 e. The Balaban J connectivity index is 1.54. The van der Waals surface area contributed by atoms with Gasteiger partial charge >= 0.3 is 0 Å². The van der Waals surface area contributed by atoms with Crippen molar-refractivity contribution in [1.82, 2.24) is 15.5 Å². The fourth-order valence-corrected chi connectivity index (χ4v) is 3.42. The van der Waals surface area contributed by atoms with Crippen molar-refractivity contribution in [1.29, 1.82) is 0 Å². The van der Waals surface area contributed by atoms with E-state index in [9.17, 15) is 9.59 Å². The van der Waals surface area contributed by atoms with Gasteiger partial charge in [-0.25, -0.2) is 4.99 Å². The fourth-order valence-electron chi connectivity index (χ4n) is 3.42. The molecule has 0 saturated carbocycles. The predicted molar refractivity (Wildman–Crippen MR) is 121 cm³/mol. The van der Waals surface area contributed by atoms with Crippen LogP contribution in [-0.4, -0.2) is 48.3 Å². The average molecular weight is 426 g/mol. The van der Waals surface area contributed by atoms with Crippen molar-refractivity contribution < 1.29 is 14.0 Å². The Morgan fingerprint density at radius 1 is 1.23 bits per heavy atom. The molecule has 8 heteroatoms. The first-order chi connectivity index (χ1) is 15.0. The molecule has 1 aromatic carbocycles. The van der Waals surface area contributed by atoms with Gasteiger partial charge in [-0.05, 0) is 43.2 Å². The summed E-state index contributed by atoms with van der Waals surface area (Å²) in [4.78, 5) is 30.8. The van der Waals surface area contributed by atoms with Crippen LogP contribution in [0.1, 0.15) is 43.3 Å². The molecule has 0 bridgehead atoms. The summed E-state index contributed by atoms with van der Waals surface area (Å²) in [5.41, 5.74) is 1.72. The quantitative estimate of drug-likeness (QED) is 0.468. The van der Waals surface area contributed by atoms with E-state index >= 15 is 0 Å².